The van der Waals surface area contributed by atoms with Gasteiger partial charge in [0.05, 0.1) is 17.5 Å². The van der Waals surface area contributed by atoms with Crippen molar-refractivity contribution in [3.63, 3.8) is 0 Å². The molecule has 1 aromatic heterocycles. The first kappa shape index (κ1) is 16.9. The van der Waals surface area contributed by atoms with Crippen LogP contribution in [0.1, 0.15) is 44.6 Å². The molecule has 25 heavy (non-hydrogen) atoms. The number of hydrogen-bond acceptors (Lipinski definition) is 6. The molecule has 2 saturated carbocycles. The largest absolute Gasteiger partial charge is 0.324 e. The minimum absolute atomic E-state index is 0.0187. The van der Waals surface area contributed by atoms with Gasteiger partial charge in [0.2, 0.25) is 11.1 Å². The quantitative estimate of drug-likeness (QED) is 0.743. The number of tetrazole rings is 1. The van der Waals surface area contributed by atoms with Gasteiger partial charge in [0, 0.05) is 10.1 Å². The molecule has 0 aliphatic heterocycles. The van der Waals surface area contributed by atoms with Crippen molar-refractivity contribution in [2.45, 2.75) is 59.9 Å². The Balaban J connectivity index is 1.35. The molecule has 0 saturated heterocycles. The molecule has 1 amide bonds. The fourth-order valence-electron chi connectivity index (χ4n) is 3.00. The Labute approximate surface area is 155 Å². The Kier molecular flexibility index (Phi) is 5.26. The number of carbonyl (C=O) groups is 1. The maximum absolute atomic E-state index is 12.4. The molecule has 0 bridgehead atoms. The molecule has 4 rings (SSSR count). The van der Waals surface area contributed by atoms with E-state index in [1.165, 1.54) is 37.4 Å². The lowest BCUT2D eigenvalue weighted by molar-refractivity contribution is -0.113. The molecular weight excluding hydrogens is 354 g/mol. The zero-order valence-corrected chi connectivity index (χ0v) is 15.6. The Morgan fingerprint density at radius 1 is 1.20 bits per heavy atom. The molecule has 0 unspecified atom stereocenters. The van der Waals surface area contributed by atoms with Crippen LogP contribution in [0.3, 0.4) is 0 Å². The summed E-state index contributed by atoms with van der Waals surface area (Å²) in [6, 6.07) is 8.50. The Morgan fingerprint density at radius 2 is 2.00 bits per heavy atom. The molecule has 8 heteroatoms. The van der Waals surface area contributed by atoms with Gasteiger partial charge < -0.3 is 5.32 Å². The second kappa shape index (κ2) is 7.78. The highest BCUT2D eigenvalue weighted by Gasteiger charge is 2.28. The Bertz CT molecular complexity index is 740. The number of anilines is 1. The summed E-state index contributed by atoms with van der Waals surface area (Å²) in [7, 11) is 0. The summed E-state index contributed by atoms with van der Waals surface area (Å²) in [4.78, 5) is 13.5. The predicted octanol–water partition coefficient (Wildman–Crippen LogP) is 3.77. The van der Waals surface area contributed by atoms with Crippen LogP contribution in [0.5, 0.6) is 0 Å². The van der Waals surface area contributed by atoms with Crippen molar-refractivity contribution in [1.29, 1.82) is 0 Å². The maximum Gasteiger partial charge on any atom is 0.234 e. The van der Waals surface area contributed by atoms with Gasteiger partial charge in [-0.2, -0.15) is 0 Å². The first-order chi connectivity index (χ1) is 12.3. The number of nitrogens with one attached hydrogen (secondary N) is 1. The molecular formula is C17H21N5OS2. The van der Waals surface area contributed by atoms with Crippen molar-refractivity contribution in [2.24, 2.45) is 0 Å². The zero-order valence-electron chi connectivity index (χ0n) is 13.9. The highest BCUT2D eigenvalue weighted by molar-refractivity contribution is 8.00. The van der Waals surface area contributed by atoms with Crippen molar-refractivity contribution >= 4 is 35.1 Å². The molecule has 2 fully saturated rings. The fourth-order valence-corrected chi connectivity index (χ4v) is 5.08. The number of amides is 1. The van der Waals surface area contributed by atoms with Gasteiger partial charge >= 0.3 is 0 Å². The summed E-state index contributed by atoms with van der Waals surface area (Å²) in [6.07, 6.45) is 7.42. The summed E-state index contributed by atoms with van der Waals surface area (Å²) in [5, 5.41) is 16.2. The predicted molar refractivity (Wildman–Crippen MR) is 100.0 cm³/mol. The second-order valence-electron chi connectivity index (χ2n) is 6.49. The number of aromatic nitrogens is 4. The van der Waals surface area contributed by atoms with Gasteiger partial charge in [-0.05, 0) is 48.2 Å². The van der Waals surface area contributed by atoms with E-state index in [0.717, 1.165) is 28.6 Å². The van der Waals surface area contributed by atoms with Crippen LogP contribution < -0.4 is 5.32 Å². The van der Waals surface area contributed by atoms with Crippen LogP contribution in [-0.4, -0.2) is 37.1 Å². The van der Waals surface area contributed by atoms with Crippen molar-refractivity contribution < 1.29 is 4.79 Å². The Hall–Kier alpha value is -1.54. The minimum atomic E-state index is -0.0187. The first-order valence-corrected chi connectivity index (χ1v) is 10.6. The van der Waals surface area contributed by atoms with Gasteiger partial charge in [-0.15, -0.1) is 16.9 Å². The fraction of sp³-hybridized carbons (Fsp3) is 0.529. The summed E-state index contributed by atoms with van der Waals surface area (Å²) < 4.78 is 1.84. The van der Waals surface area contributed by atoms with Gasteiger partial charge in [0.1, 0.15) is 0 Å². The average Bonchev–Trinajstić information content (AvgIpc) is 3.13. The van der Waals surface area contributed by atoms with E-state index < -0.39 is 0 Å². The summed E-state index contributed by atoms with van der Waals surface area (Å²) in [6.45, 7) is 0. The molecule has 0 spiro atoms. The third-order valence-electron chi connectivity index (χ3n) is 4.44. The lowest BCUT2D eigenvalue weighted by Gasteiger charge is -2.14. The van der Waals surface area contributed by atoms with Crippen LogP contribution >= 0.6 is 23.5 Å². The van der Waals surface area contributed by atoms with E-state index in [-0.39, 0.29) is 5.91 Å². The van der Waals surface area contributed by atoms with Gasteiger partial charge in [0.25, 0.3) is 0 Å². The van der Waals surface area contributed by atoms with E-state index in [0.29, 0.717) is 17.0 Å². The maximum atomic E-state index is 12.4. The van der Waals surface area contributed by atoms with Crippen LogP contribution in [0.4, 0.5) is 5.69 Å². The summed E-state index contributed by atoms with van der Waals surface area (Å²) >= 11 is 3.29. The molecule has 6 nitrogen and oxygen atoms in total. The molecule has 1 aromatic carbocycles. The van der Waals surface area contributed by atoms with Crippen molar-refractivity contribution in [3.05, 3.63) is 24.3 Å². The first-order valence-electron chi connectivity index (χ1n) is 8.76. The number of hydrogen-bond donors (Lipinski definition) is 1. The topological polar surface area (TPSA) is 72.7 Å². The second-order valence-corrected chi connectivity index (χ2v) is 8.78. The average molecular weight is 376 g/mol. The number of nitrogens with zero attached hydrogens (tertiary/aromatic N) is 4. The molecule has 132 valence electrons. The number of carbonyl (C=O) groups excluding carboxylic acids is 1. The normalized spacial score (nSPS) is 17.8. The third kappa shape index (κ3) is 4.36. The van der Waals surface area contributed by atoms with E-state index in [9.17, 15) is 4.79 Å². The van der Waals surface area contributed by atoms with Crippen molar-refractivity contribution in [3.8, 4) is 0 Å². The molecule has 2 aromatic rings. The SMILES string of the molecule is O=C(CSc1nnnn1C1CC1)Nc1ccccc1SC1CCCC1. The van der Waals surface area contributed by atoms with E-state index in [1.54, 1.807) is 0 Å². The van der Waals surface area contributed by atoms with Crippen LogP contribution in [0.15, 0.2) is 34.3 Å². The molecule has 2 aliphatic carbocycles. The highest BCUT2D eigenvalue weighted by Crippen LogP contribution is 2.38. The third-order valence-corrected chi connectivity index (χ3v) is 6.79. The number of thioether (sulfide) groups is 2. The van der Waals surface area contributed by atoms with Crippen molar-refractivity contribution in [2.75, 3.05) is 11.1 Å². The monoisotopic (exact) mass is 375 g/mol. The Morgan fingerprint density at radius 3 is 2.80 bits per heavy atom. The molecule has 1 N–H and O–H groups in total. The molecule has 0 atom stereocenters. The van der Waals surface area contributed by atoms with Crippen LogP contribution in [-0.2, 0) is 4.79 Å². The van der Waals surface area contributed by atoms with Crippen LogP contribution in [0.25, 0.3) is 0 Å². The van der Waals surface area contributed by atoms with E-state index in [4.69, 9.17) is 0 Å². The highest BCUT2D eigenvalue weighted by atomic mass is 32.2. The molecule has 1 heterocycles. The van der Waals surface area contributed by atoms with E-state index >= 15 is 0 Å². The number of para-hydroxylation sites is 1. The zero-order chi connectivity index (χ0) is 17.1. The minimum Gasteiger partial charge on any atom is -0.324 e. The van der Waals surface area contributed by atoms with Crippen LogP contribution in [0.2, 0.25) is 0 Å². The van der Waals surface area contributed by atoms with Gasteiger partial charge in [-0.1, -0.05) is 36.7 Å². The summed E-state index contributed by atoms with van der Waals surface area (Å²) in [5.74, 6) is 0.296. The smallest absolute Gasteiger partial charge is 0.234 e. The molecule has 2 aliphatic rings. The number of rotatable bonds is 7. The van der Waals surface area contributed by atoms with Gasteiger partial charge in [-0.25, -0.2) is 4.68 Å². The number of benzene rings is 1. The van der Waals surface area contributed by atoms with Gasteiger partial charge in [-0.3, -0.25) is 4.79 Å². The van der Waals surface area contributed by atoms with E-state index in [1.807, 2.05) is 34.6 Å². The van der Waals surface area contributed by atoms with E-state index in [2.05, 4.69) is 26.9 Å². The lowest BCUT2D eigenvalue weighted by atomic mass is 10.3. The van der Waals surface area contributed by atoms with Crippen molar-refractivity contribution in [1.82, 2.24) is 20.2 Å². The van der Waals surface area contributed by atoms with Gasteiger partial charge in [0.15, 0.2) is 0 Å². The molecule has 0 radical (unpaired) electrons. The standard InChI is InChI=1S/C17H21N5OS2/c23-16(11-24-17-19-20-21-22(17)12-9-10-12)18-14-7-3-4-8-15(14)25-13-5-1-2-6-13/h3-4,7-8,12-13H,1-2,5-6,9-11H2,(H,18,23). The van der Waals surface area contributed by atoms with Crippen LogP contribution in [0, 0.1) is 0 Å². The summed E-state index contributed by atoms with van der Waals surface area (Å²) in [5.41, 5.74) is 0.909. The lowest BCUT2D eigenvalue weighted by Crippen LogP contribution is -2.15.